The van der Waals surface area contributed by atoms with Gasteiger partial charge in [0.15, 0.2) is 0 Å². The average molecular weight is 261 g/mol. The van der Waals surface area contributed by atoms with Gasteiger partial charge in [-0.15, -0.1) is 11.3 Å². The van der Waals surface area contributed by atoms with Gasteiger partial charge >= 0.3 is 0 Å². The smallest absolute Gasteiger partial charge is 0.128 e. The zero-order valence-electron chi connectivity index (χ0n) is 10.4. The summed E-state index contributed by atoms with van der Waals surface area (Å²) < 4.78 is 14.0. The molecule has 0 atom stereocenters. The molecule has 1 N–H and O–H groups in total. The molecule has 2 aromatic rings. The Hall–Kier alpha value is -1.19. The second-order valence-corrected chi connectivity index (χ2v) is 6.02. The van der Waals surface area contributed by atoms with Crippen molar-refractivity contribution >= 4 is 11.3 Å². The van der Waals surface area contributed by atoms with Crippen LogP contribution in [0.2, 0.25) is 0 Å². The fourth-order valence-electron chi connectivity index (χ4n) is 2.01. The van der Waals surface area contributed by atoms with Gasteiger partial charge in [0.05, 0.1) is 0 Å². The van der Waals surface area contributed by atoms with Gasteiger partial charge in [0.1, 0.15) is 5.82 Å². The van der Waals surface area contributed by atoms with Crippen molar-refractivity contribution in [2.75, 3.05) is 0 Å². The van der Waals surface area contributed by atoms with E-state index in [2.05, 4.69) is 23.7 Å². The molecular formula is C15H16FNS. The number of hydrogen-bond donors (Lipinski definition) is 1. The molecule has 0 unspecified atom stereocenters. The number of benzene rings is 1. The van der Waals surface area contributed by atoms with Gasteiger partial charge in [-0.05, 0) is 48.4 Å². The van der Waals surface area contributed by atoms with Crippen LogP contribution >= 0.6 is 11.3 Å². The Labute approximate surface area is 111 Å². The molecule has 1 fully saturated rings. The zero-order valence-corrected chi connectivity index (χ0v) is 11.2. The summed E-state index contributed by atoms with van der Waals surface area (Å²) in [6.45, 7) is 2.71. The van der Waals surface area contributed by atoms with E-state index in [0.29, 0.717) is 12.6 Å². The second kappa shape index (κ2) is 4.82. The van der Waals surface area contributed by atoms with E-state index in [1.807, 2.05) is 12.1 Å². The fraction of sp³-hybridized carbons (Fsp3) is 0.333. The fourth-order valence-corrected chi connectivity index (χ4v) is 2.72. The molecule has 1 saturated carbocycles. The highest BCUT2D eigenvalue weighted by molar-refractivity contribution is 7.10. The maximum Gasteiger partial charge on any atom is 0.128 e. The van der Waals surface area contributed by atoms with E-state index in [4.69, 9.17) is 0 Å². The Bertz CT molecular complexity index is 557. The molecule has 1 aromatic heterocycles. The summed E-state index contributed by atoms with van der Waals surface area (Å²) in [5.74, 6) is -0.107. The summed E-state index contributed by atoms with van der Waals surface area (Å²) in [6.07, 6.45) is 2.46. The lowest BCUT2D eigenvalue weighted by Gasteiger charge is -2.06. The molecule has 1 aliphatic rings. The van der Waals surface area contributed by atoms with Gasteiger partial charge in [-0.3, -0.25) is 0 Å². The third kappa shape index (κ3) is 2.62. The standard InChI is InChI=1S/C15H16FNS/c1-10-6-13(9-18-10)11-2-3-12(15(16)7-11)8-17-14-4-5-14/h2-3,6-7,9,14,17H,4-5,8H2,1H3. The van der Waals surface area contributed by atoms with E-state index in [1.165, 1.54) is 17.7 Å². The van der Waals surface area contributed by atoms with Crippen molar-refractivity contribution in [3.63, 3.8) is 0 Å². The minimum Gasteiger partial charge on any atom is -0.310 e. The van der Waals surface area contributed by atoms with Gasteiger partial charge < -0.3 is 5.32 Å². The molecule has 1 aromatic carbocycles. The summed E-state index contributed by atoms with van der Waals surface area (Å²) in [5.41, 5.74) is 2.84. The first-order valence-corrected chi connectivity index (χ1v) is 7.17. The summed E-state index contributed by atoms with van der Waals surface area (Å²) in [4.78, 5) is 1.25. The maximum atomic E-state index is 14.0. The van der Waals surface area contributed by atoms with Crippen molar-refractivity contribution in [3.8, 4) is 11.1 Å². The van der Waals surface area contributed by atoms with Crippen molar-refractivity contribution in [1.29, 1.82) is 0 Å². The Morgan fingerprint density at radius 2 is 2.11 bits per heavy atom. The topological polar surface area (TPSA) is 12.0 Å². The Kier molecular flexibility index (Phi) is 3.18. The molecule has 1 aliphatic carbocycles. The van der Waals surface area contributed by atoms with Crippen LogP contribution in [-0.4, -0.2) is 6.04 Å². The minimum absolute atomic E-state index is 0.107. The lowest BCUT2D eigenvalue weighted by atomic mass is 10.1. The molecule has 0 bridgehead atoms. The highest BCUT2D eigenvalue weighted by Gasteiger charge is 2.20. The van der Waals surface area contributed by atoms with Gasteiger partial charge in [-0.25, -0.2) is 4.39 Å². The SMILES string of the molecule is Cc1cc(-c2ccc(CNC3CC3)c(F)c2)cs1. The Morgan fingerprint density at radius 1 is 1.28 bits per heavy atom. The van der Waals surface area contributed by atoms with E-state index < -0.39 is 0 Å². The maximum absolute atomic E-state index is 14.0. The lowest BCUT2D eigenvalue weighted by molar-refractivity contribution is 0.587. The first-order chi connectivity index (χ1) is 8.72. The van der Waals surface area contributed by atoms with Crippen LogP contribution in [0.15, 0.2) is 29.6 Å². The van der Waals surface area contributed by atoms with Gasteiger partial charge in [0.25, 0.3) is 0 Å². The van der Waals surface area contributed by atoms with E-state index in [9.17, 15) is 4.39 Å². The van der Waals surface area contributed by atoms with Crippen LogP contribution in [0.4, 0.5) is 4.39 Å². The van der Waals surface area contributed by atoms with Crippen molar-refractivity contribution < 1.29 is 4.39 Å². The normalized spacial score (nSPS) is 15.0. The highest BCUT2D eigenvalue weighted by atomic mass is 32.1. The van der Waals surface area contributed by atoms with Gasteiger partial charge in [-0.1, -0.05) is 12.1 Å². The monoisotopic (exact) mass is 261 g/mol. The largest absolute Gasteiger partial charge is 0.310 e. The summed E-state index contributed by atoms with van der Waals surface area (Å²) >= 11 is 1.70. The molecule has 1 heterocycles. The Balaban J connectivity index is 1.79. The molecule has 0 amide bonds. The molecule has 18 heavy (non-hydrogen) atoms. The van der Waals surface area contributed by atoms with Crippen molar-refractivity contribution in [3.05, 3.63) is 45.9 Å². The predicted molar refractivity (Wildman–Crippen MR) is 74.3 cm³/mol. The lowest BCUT2D eigenvalue weighted by Crippen LogP contribution is -2.16. The number of aryl methyl sites for hydroxylation is 1. The predicted octanol–water partition coefficient (Wildman–Crippen LogP) is 4.11. The number of halogens is 1. The molecule has 0 spiro atoms. The van der Waals surface area contributed by atoms with Crippen molar-refractivity contribution in [2.45, 2.75) is 32.4 Å². The molecule has 0 saturated heterocycles. The summed E-state index contributed by atoms with van der Waals surface area (Å²) in [7, 11) is 0. The van der Waals surface area contributed by atoms with E-state index in [0.717, 1.165) is 16.7 Å². The van der Waals surface area contributed by atoms with Crippen LogP contribution in [0.1, 0.15) is 23.3 Å². The average Bonchev–Trinajstić information content (AvgIpc) is 3.08. The first kappa shape index (κ1) is 11.9. The molecule has 94 valence electrons. The van der Waals surface area contributed by atoms with Crippen molar-refractivity contribution in [2.24, 2.45) is 0 Å². The molecule has 3 rings (SSSR count). The number of thiophene rings is 1. The third-order valence-electron chi connectivity index (χ3n) is 3.28. The van der Waals surface area contributed by atoms with Gasteiger partial charge in [-0.2, -0.15) is 0 Å². The van der Waals surface area contributed by atoms with E-state index in [-0.39, 0.29) is 5.82 Å². The number of nitrogens with one attached hydrogen (secondary N) is 1. The van der Waals surface area contributed by atoms with Crippen LogP contribution in [0.3, 0.4) is 0 Å². The number of hydrogen-bond acceptors (Lipinski definition) is 2. The first-order valence-electron chi connectivity index (χ1n) is 6.30. The van der Waals surface area contributed by atoms with Gasteiger partial charge in [0.2, 0.25) is 0 Å². The zero-order chi connectivity index (χ0) is 12.5. The van der Waals surface area contributed by atoms with Crippen molar-refractivity contribution in [1.82, 2.24) is 5.32 Å². The van der Waals surface area contributed by atoms with Crippen LogP contribution in [0.5, 0.6) is 0 Å². The van der Waals surface area contributed by atoms with Crippen LogP contribution in [-0.2, 0) is 6.54 Å². The molecular weight excluding hydrogens is 245 g/mol. The summed E-state index contributed by atoms with van der Waals surface area (Å²) in [6, 6.07) is 8.26. The van der Waals surface area contributed by atoms with E-state index >= 15 is 0 Å². The van der Waals surface area contributed by atoms with Crippen LogP contribution in [0.25, 0.3) is 11.1 Å². The molecule has 1 nitrogen and oxygen atoms in total. The molecule has 0 radical (unpaired) electrons. The van der Waals surface area contributed by atoms with Crippen LogP contribution in [0, 0.1) is 12.7 Å². The minimum atomic E-state index is -0.107. The number of rotatable bonds is 4. The highest BCUT2D eigenvalue weighted by Crippen LogP contribution is 2.27. The Morgan fingerprint density at radius 3 is 2.72 bits per heavy atom. The quantitative estimate of drug-likeness (QED) is 0.873. The summed E-state index contributed by atoms with van der Waals surface area (Å²) in [5, 5.41) is 5.41. The molecule has 3 heteroatoms. The van der Waals surface area contributed by atoms with Crippen LogP contribution < -0.4 is 5.32 Å². The molecule has 0 aliphatic heterocycles. The third-order valence-corrected chi connectivity index (χ3v) is 4.14. The van der Waals surface area contributed by atoms with E-state index in [1.54, 1.807) is 17.4 Å². The van der Waals surface area contributed by atoms with Gasteiger partial charge in [0, 0.05) is 23.0 Å². The second-order valence-electron chi connectivity index (χ2n) is 4.91.